The van der Waals surface area contributed by atoms with Crippen molar-refractivity contribution in [3.8, 4) is 0 Å². The maximum absolute atomic E-state index is 15.3. The molecule has 0 spiro atoms. The Kier molecular flexibility index (Phi) is 31.2. The zero-order valence-electron chi connectivity index (χ0n) is 60.0. The highest BCUT2D eigenvalue weighted by molar-refractivity contribution is 6.00. The lowest BCUT2D eigenvalue weighted by atomic mass is 9.86. The zero-order valence-corrected chi connectivity index (χ0v) is 60.0. The summed E-state index contributed by atoms with van der Waals surface area (Å²) in [5.41, 5.74) is 1.35. The second kappa shape index (κ2) is 37.1. The van der Waals surface area contributed by atoms with Gasteiger partial charge in [0.15, 0.2) is 11.6 Å². The van der Waals surface area contributed by atoms with Crippen LogP contribution in [0.5, 0.6) is 0 Å². The Morgan fingerprint density at radius 3 is 1.51 bits per heavy atom. The maximum Gasteiger partial charge on any atom is 0.246 e. The molecule has 23 heteroatoms. The number of aliphatic hydroxyl groups is 1. The zero-order chi connectivity index (χ0) is 71.5. The van der Waals surface area contributed by atoms with Crippen molar-refractivity contribution in [2.45, 2.75) is 208 Å². The third-order valence-corrected chi connectivity index (χ3v) is 19.1. The second-order valence-electron chi connectivity index (χ2n) is 28.1. The number of piperidine rings is 1. The Morgan fingerprint density at radius 1 is 0.505 bits per heavy atom. The molecule has 0 saturated carbocycles. The van der Waals surface area contributed by atoms with Crippen LogP contribution in [0.4, 0.5) is 0 Å². The number of Topliss-reactive ketones (excluding diaryl/α,β-unsaturated/α-hetero) is 2. The highest BCUT2D eigenvalue weighted by Gasteiger charge is 2.44. The maximum atomic E-state index is 15.3. The van der Waals surface area contributed by atoms with Crippen molar-refractivity contribution in [1.29, 1.82) is 0 Å². The van der Waals surface area contributed by atoms with Gasteiger partial charge in [-0.15, -0.1) is 0 Å². The van der Waals surface area contributed by atoms with Gasteiger partial charge < -0.3 is 54.9 Å². The molecule has 2 aromatic rings. The van der Waals surface area contributed by atoms with E-state index >= 15 is 14.4 Å². The Balaban J connectivity index is 1.93. The van der Waals surface area contributed by atoms with Crippen LogP contribution in [0.1, 0.15) is 151 Å². The fourth-order valence-corrected chi connectivity index (χ4v) is 12.9. The van der Waals surface area contributed by atoms with Crippen molar-refractivity contribution < 1.29 is 62.6 Å². The molecule has 0 unspecified atom stereocenters. The first-order chi connectivity index (χ1) is 44.5. The molecule has 95 heavy (non-hydrogen) atoms. The summed E-state index contributed by atoms with van der Waals surface area (Å²) in [6.07, 6.45) is 0.222. The first-order valence-electron chi connectivity index (χ1n) is 34.1. The molecule has 10 amide bonds. The van der Waals surface area contributed by atoms with Gasteiger partial charge in [-0.05, 0) is 94.1 Å². The van der Waals surface area contributed by atoms with Gasteiger partial charge in [-0.2, -0.15) is 0 Å². The van der Waals surface area contributed by atoms with Gasteiger partial charge in [-0.3, -0.25) is 57.5 Å². The smallest absolute Gasteiger partial charge is 0.246 e. The van der Waals surface area contributed by atoms with Gasteiger partial charge in [0.2, 0.25) is 59.1 Å². The molecule has 4 rings (SSSR count). The van der Waals surface area contributed by atoms with Crippen LogP contribution < -0.4 is 10.6 Å². The number of amides is 10. The van der Waals surface area contributed by atoms with Crippen LogP contribution in [0.2, 0.25) is 0 Å². The summed E-state index contributed by atoms with van der Waals surface area (Å²) in [6, 6.07) is 7.97. The van der Waals surface area contributed by atoms with Crippen molar-refractivity contribution in [2.75, 3.05) is 69.0 Å². The lowest BCUT2D eigenvalue weighted by molar-refractivity contribution is -0.152. The van der Waals surface area contributed by atoms with E-state index in [0.717, 1.165) is 11.3 Å². The van der Waals surface area contributed by atoms with E-state index in [0.29, 0.717) is 43.5 Å². The minimum atomic E-state index is -1.43. The quantitative estimate of drug-likeness (QED) is 0.224. The SMILES string of the molecule is CC[C@H](C)[C@H]1C(=O)C[C@@H]([C@@H](C)O)C(=O)N(C)CC(=O)N(C)[C@@H](CC(C)C)C(=O)N[C@H](C(=O)N2CCCCC2)CC(=O)N(C)[C@H](C)C(=O)C[C@@H](CC(C)C)C(=O)N(C)[C@@H](CC(C)C)C(=O)N(C)[C@@H](Cc2ccccc2)C(=O)N[C@@H](C)C(=O)N(C)[C@@H](Cc2ccccc2)C(=O)N1C. The summed E-state index contributed by atoms with van der Waals surface area (Å²) in [5, 5.41) is 16.9. The molecule has 2 aliphatic rings. The van der Waals surface area contributed by atoms with E-state index < -0.39 is 162 Å². The van der Waals surface area contributed by atoms with Crippen LogP contribution in [-0.4, -0.2) is 238 Å². The van der Waals surface area contributed by atoms with Gasteiger partial charge in [0.25, 0.3) is 0 Å². The number of nitrogens with one attached hydrogen (secondary N) is 2. The number of ketones is 2. The number of hydrogen-bond donors (Lipinski definition) is 3. The van der Waals surface area contributed by atoms with Gasteiger partial charge in [-0.1, -0.05) is 122 Å². The van der Waals surface area contributed by atoms with Crippen molar-refractivity contribution in [1.82, 2.24) is 49.8 Å². The third kappa shape index (κ3) is 22.2. The lowest BCUT2D eigenvalue weighted by Gasteiger charge is -2.38. The number of likely N-dealkylation sites (N-methyl/N-ethyl adjacent to an activating group) is 7. The summed E-state index contributed by atoms with van der Waals surface area (Å²) < 4.78 is 0. The molecule has 12 atom stereocenters. The van der Waals surface area contributed by atoms with Gasteiger partial charge >= 0.3 is 0 Å². The number of carbonyl (C=O) groups excluding carboxylic acids is 12. The molecular weight excluding hydrogens is 1210 g/mol. The van der Waals surface area contributed by atoms with Crippen molar-refractivity contribution >= 4 is 70.6 Å². The van der Waals surface area contributed by atoms with Crippen molar-refractivity contribution in [2.24, 2.45) is 35.5 Å². The molecule has 0 bridgehead atoms. The molecule has 2 fully saturated rings. The van der Waals surface area contributed by atoms with Crippen LogP contribution in [0.15, 0.2) is 60.7 Å². The number of aliphatic hydroxyl groups excluding tert-OH is 1. The van der Waals surface area contributed by atoms with Gasteiger partial charge in [0.05, 0.1) is 37.1 Å². The summed E-state index contributed by atoms with van der Waals surface area (Å²) in [5.74, 6) is -10.9. The number of rotatable bonds is 14. The molecule has 528 valence electrons. The molecule has 3 N–H and O–H groups in total. The second-order valence-corrected chi connectivity index (χ2v) is 28.1. The molecule has 2 aromatic carbocycles. The van der Waals surface area contributed by atoms with E-state index in [-0.39, 0.29) is 56.3 Å². The summed E-state index contributed by atoms with van der Waals surface area (Å²) in [6.45, 7) is 19.4. The predicted octanol–water partition coefficient (Wildman–Crippen LogP) is 5.03. The molecule has 0 radical (unpaired) electrons. The Morgan fingerprint density at radius 2 is 0.989 bits per heavy atom. The minimum absolute atomic E-state index is 0.0112. The minimum Gasteiger partial charge on any atom is -0.393 e. The van der Waals surface area contributed by atoms with Gasteiger partial charge in [0.1, 0.15) is 36.3 Å². The Hall–Kier alpha value is -7.56. The highest BCUT2D eigenvalue weighted by Crippen LogP contribution is 2.28. The number of nitrogens with zero attached hydrogens (tertiary/aromatic N) is 8. The van der Waals surface area contributed by atoms with Gasteiger partial charge in [0, 0.05) is 94.0 Å². The van der Waals surface area contributed by atoms with Crippen LogP contribution in [0.25, 0.3) is 0 Å². The largest absolute Gasteiger partial charge is 0.393 e. The fourth-order valence-electron chi connectivity index (χ4n) is 12.9. The number of likely N-dealkylation sites (tertiary alicyclic amines) is 1. The lowest BCUT2D eigenvalue weighted by Crippen LogP contribution is -2.60. The number of carbonyl (C=O) groups is 12. The van der Waals surface area contributed by atoms with E-state index in [4.69, 9.17) is 0 Å². The van der Waals surface area contributed by atoms with Gasteiger partial charge in [-0.25, -0.2) is 0 Å². The molecular formula is C72H112N10O13. The van der Waals surface area contributed by atoms with E-state index in [1.165, 1.54) is 99.5 Å². The monoisotopic (exact) mass is 1320 g/mol. The average molecular weight is 1330 g/mol. The van der Waals surface area contributed by atoms with Crippen LogP contribution in [0.3, 0.4) is 0 Å². The average Bonchev–Trinajstić information content (AvgIpc) is 0.847. The van der Waals surface area contributed by atoms with E-state index in [9.17, 15) is 48.3 Å². The van der Waals surface area contributed by atoms with Crippen molar-refractivity contribution in [3.63, 3.8) is 0 Å². The van der Waals surface area contributed by atoms with Crippen LogP contribution >= 0.6 is 0 Å². The molecule has 2 saturated heterocycles. The van der Waals surface area contributed by atoms with Crippen LogP contribution in [0, 0.1) is 35.5 Å². The summed E-state index contributed by atoms with van der Waals surface area (Å²) in [4.78, 5) is 188. The first kappa shape index (κ1) is 79.9. The highest BCUT2D eigenvalue weighted by atomic mass is 16.3. The van der Waals surface area contributed by atoms with E-state index in [2.05, 4.69) is 10.6 Å². The Bertz CT molecular complexity index is 2960. The number of hydrogen-bond acceptors (Lipinski definition) is 13. The summed E-state index contributed by atoms with van der Waals surface area (Å²) >= 11 is 0. The topological polar surface area (TPSA) is 275 Å². The standard InChI is InChI=1S/C72H112N10O13/c1-19-47(8)64-61(85)41-54(50(11)83)69(92)75(12)43-63(87)77(14)56(36-45(4)5)66(89)74-55(70(93)82-33-27-22-28-34-82)42-62(86)76(13)49(10)60(84)40-53(35-44(2)3)68(91)80(17)58(37-46(6)7)71(94)78(15)57(38-51-29-23-20-24-30-51)65(88)73-48(9)67(90)79(16)59(72(95)81(64)18)39-52-31-25-21-26-32-52/h20-21,23-26,29-32,44-50,53-59,64,83H,19,22,27-28,33-43H2,1-18H3,(H,73,88)(H,74,89)/t47-,48-,49+,50+,53+,54-,55-,56-,57-,58-,59-,64-/m0/s1. The molecule has 23 nitrogen and oxygen atoms in total. The number of benzene rings is 2. The van der Waals surface area contributed by atoms with E-state index in [1.54, 1.807) is 72.5 Å². The predicted molar refractivity (Wildman–Crippen MR) is 363 cm³/mol. The molecule has 0 aliphatic carbocycles. The normalized spacial score (nSPS) is 26.2. The van der Waals surface area contributed by atoms with E-state index in [1.807, 2.05) is 48.5 Å². The first-order valence-corrected chi connectivity index (χ1v) is 34.1. The fraction of sp³-hybridized carbons (Fsp3) is 0.667. The Labute approximate surface area is 564 Å². The molecule has 0 aromatic heterocycles. The van der Waals surface area contributed by atoms with Crippen molar-refractivity contribution in [3.05, 3.63) is 71.8 Å². The van der Waals surface area contributed by atoms with Crippen LogP contribution in [-0.2, 0) is 70.4 Å². The molecule has 2 heterocycles. The third-order valence-electron chi connectivity index (χ3n) is 19.1. The molecule has 2 aliphatic heterocycles. The summed E-state index contributed by atoms with van der Waals surface area (Å²) in [7, 11) is 9.98.